The summed E-state index contributed by atoms with van der Waals surface area (Å²) < 4.78 is 34.8. The molecule has 0 radical (unpaired) electrons. The number of rotatable bonds is 18. The van der Waals surface area contributed by atoms with E-state index in [1.807, 2.05) is 54.6 Å². The van der Waals surface area contributed by atoms with Gasteiger partial charge in [0.1, 0.15) is 5.69 Å². The molecule has 1 unspecified atom stereocenters. The molecule has 0 spiro atoms. The standard InChI is InChI=1S/C50H63ClN8O6S2/c1-50(37-57-23-20-52-21-24-57)19-17-46(38-7-11-41(51)12-8-38)40(34-50)35-56-25-27-58(28-26-56)43-13-9-39(10-14-43)49(60)54-67(63,64)45-15-16-47(48(33-45)59(61)62)53-42(18-22-55-29-31-65-32-30-55)36-66-44-5-3-2-4-6-44/h2-16,33,42,52-53H,17-32,34-37H2,1H3,(H,54,60)/t42-,50?/m1/s1. The van der Waals surface area contributed by atoms with Crippen LogP contribution in [0.3, 0.4) is 0 Å². The van der Waals surface area contributed by atoms with E-state index in [0.717, 1.165) is 126 Å². The van der Waals surface area contributed by atoms with Gasteiger partial charge in [-0.2, -0.15) is 0 Å². The van der Waals surface area contributed by atoms with E-state index in [1.54, 1.807) is 23.9 Å². The molecule has 358 valence electrons. The maximum Gasteiger partial charge on any atom is 0.293 e. The van der Waals surface area contributed by atoms with Crippen LogP contribution in [0.1, 0.15) is 48.5 Å². The Balaban J connectivity index is 0.878. The number of allylic oxidation sites excluding steroid dienone is 1. The molecule has 14 nitrogen and oxygen atoms in total. The van der Waals surface area contributed by atoms with Crippen LogP contribution < -0.4 is 20.3 Å². The molecule has 0 aromatic heterocycles. The van der Waals surface area contributed by atoms with Crippen LogP contribution in [0.25, 0.3) is 5.57 Å². The number of carbonyl (C=O) groups excluding carboxylic acids is 1. The summed E-state index contributed by atoms with van der Waals surface area (Å²) >= 11 is 7.95. The molecule has 2 atom stereocenters. The summed E-state index contributed by atoms with van der Waals surface area (Å²) in [5.74, 6) is -0.178. The molecular formula is C50H63ClN8O6S2. The number of sulfonamides is 1. The molecular weight excluding hydrogens is 908 g/mol. The van der Waals surface area contributed by atoms with E-state index in [4.69, 9.17) is 16.3 Å². The van der Waals surface area contributed by atoms with Crippen molar-refractivity contribution < 1.29 is 22.9 Å². The average molecular weight is 972 g/mol. The summed E-state index contributed by atoms with van der Waals surface area (Å²) in [7, 11) is -4.45. The first-order valence-corrected chi connectivity index (χ1v) is 26.3. The minimum Gasteiger partial charge on any atom is -0.379 e. The second kappa shape index (κ2) is 22.7. The Morgan fingerprint density at radius 1 is 0.896 bits per heavy atom. The van der Waals surface area contributed by atoms with Crippen LogP contribution in [0.4, 0.5) is 17.1 Å². The first-order valence-electron chi connectivity index (χ1n) is 23.5. The number of thioether (sulfide) groups is 1. The largest absolute Gasteiger partial charge is 0.379 e. The molecule has 4 aromatic carbocycles. The van der Waals surface area contributed by atoms with E-state index in [2.05, 4.69) is 54.0 Å². The fraction of sp³-hybridized carbons (Fsp3) is 0.460. The first kappa shape index (κ1) is 48.9. The van der Waals surface area contributed by atoms with Crippen molar-refractivity contribution in [1.29, 1.82) is 0 Å². The van der Waals surface area contributed by atoms with Crippen molar-refractivity contribution in [3.05, 3.63) is 129 Å². The average Bonchev–Trinajstić information content (AvgIpc) is 3.34. The SMILES string of the molecule is CC1(CN2CCNCC2)CCC(c2ccc(Cl)cc2)=C(CN2CCN(c3ccc(C(=O)NS(=O)(=O)c4ccc(N[C@H](CCN5CCOCC5)CSc5ccccc5)c([N+](=O)[O-])c4)cc3)CC2)C1. The fourth-order valence-corrected chi connectivity index (χ4v) is 11.9. The lowest BCUT2D eigenvalue weighted by Gasteiger charge is -2.43. The van der Waals surface area contributed by atoms with Crippen LogP contribution in [0.2, 0.25) is 5.02 Å². The fourth-order valence-electron chi connectivity index (χ4n) is 9.75. The molecule has 1 aliphatic carbocycles. The number of hydrogen-bond acceptors (Lipinski definition) is 13. The highest BCUT2D eigenvalue weighted by atomic mass is 35.5. The van der Waals surface area contributed by atoms with Gasteiger partial charge in [0.05, 0.1) is 23.0 Å². The number of benzene rings is 4. The lowest BCUT2D eigenvalue weighted by molar-refractivity contribution is -0.384. The number of morpholine rings is 1. The third-order valence-electron chi connectivity index (χ3n) is 13.5. The highest BCUT2D eigenvalue weighted by Crippen LogP contribution is 2.44. The lowest BCUT2D eigenvalue weighted by atomic mass is 9.71. The van der Waals surface area contributed by atoms with Crippen molar-refractivity contribution in [3.8, 4) is 0 Å². The molecule has 67 heavy (non-hydrogen) atoms. The van der Waals surface area contributed by atoms with E-state index in [0.29, 0.717) is 25.4 Å². The van der Waals surface area contributed by atoms with Gasteiger partial charge >= 0.3 is 0 Å². The number of nitrogens with zero attached hydrogens (tertiary/aromatic N) is 5. The van der Waals surface area contributed by atoms with Crippen molar-refractivity contribution >= 4 is 61.9 Å². The second-order valence-corrected chi connectivity index (χ2v) is 21.7. The van der Waals surface area contributed by atoms with Gasteiger partial charge in [-0.05, 0) is 103 Å². The maximum absolute atomic E-state index is 13.6. The molecule has 3 heterocycles. The molecule has 3 fully saturated rings. The summed E-state index contributed by atoms with van der Waals surface area (Å²) in [6, 6.07) is 28.7. The van der Waals surface area contributed by atoms with Crippen LogP contribution in [0.15, 0.2) is 112 Å². The summed E-state index contributed by atoms with van der Waals surface area (Å²) in [6.45, 7) is 15.9. The maximum atomic E-state index is 13.6. The van der Waals surface area contributed by atoms with Gasteiger partial charge in [0.25, 0.3) is 21.6 Å². The number of ether oxygens (including phenoxy) is 1. The number of nitro benzene ring substituents is 1. The van der Waals surface area contributed by atoms with Gasteiger partial charge in [0, 0.05) is 124 Å². The van der Waals surface area contributed by atoms with Gasteiger partial charge in [-0.1, -0.05) is 54.4 Å². The van der Waals surface area contributed by atoms with Crippen LogP contribution in [-0.2, 0) is 14.8 Å². The number of halogens is 1. The van der Waals surface area contributed by atoms with E-state index in [-0.39, 0.29) is 33.3 Å². The van der Waals surface area contributed by atoms with Crippen molar-refractivity contribution in [2.45, 2.75) is 48.4 Å². The zero-order chi connectivity index (χ0) is 46.8. The van der Waals surface area contributed by atoms with E-state index in [1.165, 1.54) is 28.8 Å². The lowest BCUT2D eigenvalue weighted by Crippen LogP contribution is -2.49. The van der Waals surface area contributed by atoms with Crippen LogP contribution in [0.5, 0.6) is 0 Å². The van der Waals surface area contributed by atoms with Crippen molar-refractivity contribution in [2.75, 3.05) is 114 Å². The molecule has 3 saturated heterocycles. The Morgan fingerprint density at radius 3 is 2.31 bits per heavy atom. The predicted octanol–water partition coefficient (Wildman–Crippen LogP) is 7.33. The zero-order valence-corrected chi connectivity index (χ0v) is 40.7. The third-order valence-corrected chi connectivity index (χ3v) is 16.2. The summed E-state index contributed by atoms with van der Waals surface area (Å²) in [6.07, 6.45) is 3.99. The summed E-state index contributed by atoms with van der Waals surface area (Å²) in [5, 5.41) is 20.0. The summed E-state index contributed by atoms with van der Waals surface area (Å²) in [4.78, 5) is 35.7. The predicted molar refractivity (Wildman–Crippen MR) is 269 cm³/mol. The molecule has 17 heteroatoms. The zero-order valence-electron chi connectivity index (χ0n) is 38.3. The van der Waals surface area contributed by atoms with Crippen molar-refractivity contribution in [2.24, 2.45) is 5.41 Å². The van der Waals surface area contributed by atoms with Gasteiger partial charge in [-0.15, -0.1) is 11.8 Å². The Hall–Kier alpha value is -4.52. The molecule has 0 bridgehead atoms. The number of nitrogens with one attached hydrogen (secondary N) is 3. The molecule has 4 aliphatic rings. The quantitative estimate of drug-likeness (QED) is 0.0519. The summed E-state index contributed by atoms with van der Waals surface area (Å²) in [5.41, 5.74) is 5.39. The van der Waals surface area contributed by atoms with E-state index < -0.39 is 20.9 Å². The second-order valence-electron chi connectivity index (χ2n) is 18.5. The van der Waals surface area contributed by atoms with Gasteiger partial charge in [-0.25, -0.2) is 13.1 Å². The molecule has 3 aliphatic heterocycles. The number of hydrogen-bond donors (Lipinski definition) is 3. The monoisotopic (exact) mass is 970 g/mol. The van der Waals surface area contributed by atoms with Crippen molar-refractivity contribution in [3.63, 3.8) is 0 Å². The van der Waals surface area contributed by atoms with Crippen LogP contribution in [-0.4, -0.2) is 144 Å². The number of amides is 1. The normalized spacial score (nSPS) is 20.7. The first-order chi connectivity index (χ1) is 32.4. The highest BCUT2D eigenvalue weighted by Gasteiger charge is 2.35. The third kappa shape index (κ3) is 13.4. The number of piperazine rings is 2. The molecule has 1 amide bonds. The molecule has 4 aromatic rings. The smallest absolute Gasteiger partial charge is 0.293 e. The molecule has 0 saturated carbocycles. The Labute approximate surface area is 404 Å². The van der Waals surface area contributed by atoms with E-state index >= 15 is 0 Å². The van der Waals surface area contributed by atoms with Gasteiger partial charge < -0.3 is 25.2 Å². The minimum absolute atomic E-state index is 0.154. The van der Waals surface area contributed by atoms with Crippen LogP contribution >= 0.6 is 23.4 Å². The van der Waals surface area contributed by atoms with Crippen LogP contribution in [0, 0.1) is 15.5 Å². The topological polar surface area (TPSA) is 153 Å². The highest BCUT2D eigenvalue weighted by molar-refractivity contribution is 7.99. The van der Waals surface area contributed by atoms with Gasteiger partial charge in [-0.3, -0.25) is 24.7 Å². The van der Waals surface area contributed by atoms with Crippen molar-refractivity contribution in [1.82, 2.24) is 24.7 Å². The Kier molecular flexibility index (Phi) is 16.6. The molecule has 8 rings (SSSR count). The molecule has 3 N–H and O–H groups in total. The van der Waals surface area contributed by atoms with Gasteiger partial charge in [0.2, 0.25) is 0 Å². The minimum atomic E-state index is -4.45. The number of nitro groups is 1. The Bertz CT molecular complexity index is 2440. The van der Waals surface area contributed by atoms with Gasteiger partial charge in [0.15, 0.2) is 0 Å². The van der Waals surface area contributed by atoms with E-state index in [9.17, 15) is 23.3 Å². The Morgan fingerprint density at radius 2 is 1.61 bits per heavy atom. The number of anilines is 2. The number of carbonyl (C=O) groups is 1.